The van der Waals surface area contributed by atoms with E-state index >= 15 is 0 Å². The Balaban J connectivity index is 1.66. The van der Waals surface area contributed by atoms with E-state index in [1.54, 1.807) is 43.9 Å². The van der Waals surface area contributed by atoms with Crippen LogP contribution in [0, 0.1) is 0 Å². The summed E-state index contributed by atoms with van der Waals surface area (Å²) in [5.74, 6) is 1.78. The molecule has 1 amide bonds. The minimum atomic E-state index is -0.138. The first-order valence-corrected chi connectivity index (χ1v) is 9.04. The lowest BCUT2D eigenvalue weighted by Gasteiger charge is -2.33. The van der Waals surface area contributed by atoms with Gasteiger partial charge in [-0.2, -0.15) is 0 Å². The molecule has 3 rings (SSSR count). The maximum absolute atomic E-state index is 12.7. The molecule has 2 heterocycles. The van der Waals surface area contributed by atoms with Crippen molar-refractivity contribution in [1.29, 1.82) is 0 Å². The average Bonchev–Trinajstić information content (AvgIpc) is 2.72. The molecule has 8 heteroatoms. The van der Waals surface area contributed by atoms with Crippen LogP contribution in [0.5, 0.6) is 11.5 Å². The summed E-state index contributed by atoms with van der Waals surface area (Å²) < 4.78 is 10.9. The van der Waals surface area contributed by atoms with Crippen LogP contribution < -0.4 is 25.4 Å². The molecule has 0 bridgehead atoms. The van der Waals surface area contributed by atoms with E-state index in [0.717, 1.165) is 25.2 Å². The van der Waals surface area contributed by atoms with Gasteiger partial charge in [0.15, 0.2) is 11.5 Å². The van der Waals surface area contributed by atoms with Crippen LogP contribution >= 0.6 is 0 Å². The molecule has 27 heavy (non-hydrogen) atoms. The summed E-state index contributed by atoms with van der Waals surface area (Å²) >= 11 is 0. The second-order valence-electron chi connectivity index (χ2n) is 6.33. The number of anilines is 1. The second kappa shape index (κ2) is 9.18. The predicted octanol–water partition coefficient (Wildman–Crippen LogP) is 1.22. The molecule has 1 aromatic carbocycles. The maximum Gasteiger partial charge on any atom is 0.251 e. The lowest BCUT2D eigenvalue weighted by atomic mass is 10.0. The number of carbonyl (C=O) groups excluding carboxylic acids is 1. The molecular formula is C19H25N5O3. The van der Waals surface area contributed by atoms with E-state index < -0.39 is 0 Å². The number of piperidine rings is 1. The zero-order chi connectivity index (χ0) is 19.1. The Morgan fingerprint density at radius 3 is 3.00 bits per heavy atom. The number of nitrogens with one attached hydrogen (secondary N) is 1. The highest BCUT2D eigenvalue weighted by atomic mass is 16.5. The zero-order valence-electron chi connectivity index (χ0n) is 15.4. The quantitative estimate of drug-likeness (QED) is 0.754. The summed E-state index contributed by atoms with van der Waals surface area (Å²) in [6.45, 7) is 2.36. The van der Waals surface area contributed by atoms with Crippen LogP contribution in [0.4, 0.5) is 5.82 Å². The largest absolute Gasteiger partial charge is 0.493 e. The smallest absolute Gasteiger partial charge is 0.251 e. The fourth-order valence-electron chi connectivity index (χ4n) is 3.13. The van der Waals surface area contributed by atoms with Crippen LogP contribution in [0.25, 0.3) is 0 Å². The van der Waals surface area contributed by atoms with Gasteiger partial charge in [-0.05, 0) is 31.0 Å². The van der Waals surface area contributed by atoms with E-state index in [1.807, 2.05) is 0 Å². The highest BCUT2D eigenvalue weighted by molar-refractivity contribution is 5.95. The third-order valence-corrected chi connectivity index (χ3v) is 4.43. The minimum Gasteiger partial charge on any atom is -0.493 e. The fourth-order valence-corrected chi connectivity index (χ4v) is 3.13. The van der Waals surface area contributed by atoms with Crippen LogP contribution in [0.3, 0.4) is 0 Å². The number of rotatable bonds is 7. The van der Waals surface area contributed by atoms with Gasteiger partial charge in [0.2, 0.25) is 0 Å². The highest BCUT2D eigenvalue weighted by Gasteiger charge is 2.23. The van der Waals surface area contributed by atoms with Crippen molar-refractivity contribution < 1.29 is 14.3 Å². The molecule has 144 valence electrons. The van der Waals surface area contributed by atoms with Crippen molar-refractivity contribution in [2.75, 3.05) is 38.3 Å². The first-order valence-electron chi connectivity index (χ1n) is 9.04. The van der Waals surface area contributed by atoms with Crippen LogP contribution in [-0.4, -0.2) is 55.3 Å². The first-order chi connectivity index (χ1) is 13.2. The number of nitrogens with zero attached hydrogens (tertiary/aromatic N) is 3. The van der Waals surface area contributed by atoms with E-state index in [-0.39, 0.29) is 11.9 Å². The molecule has 0 saturated carbocycles. The summed E-state index contributed by atoms with van der Waals surface area (Å²) in [5, 5.41) is 3.11. The number of nitrogens with two attached hydrogens (primary N) is 1. The molecule has 1 aliphatic rings. The summed E-state index contributed by atoms with van der Waals surface area (Å²) in [7, 11) is 1.56. The lowest BCUT2D eigenvalue weighted by Crippen LogP contribution is -2.48. The number of hydrogen-bond acceptors (Lipinski definition) is 7. The van der Waals surface area contributed by atoms with E-state index in [0.29, 0.717) is 36.8 Å². The van der Waals surface area contributed by atoms with Gasteiger partial charge < -0.3 is 25.4 Å². The van der Waals surface area contributed by atoms with Crippen LogP contribution in [-0.2, 0) is 0 Å². The highest BCUT2D eigenvalue weighted by Crippen LogP contribution is 2.28. The summed E-state index contributed by atoms with van der Waals surface area (Å²) in [5.41, 5.74) is 6.02. The molecule has 1 aliphatic heterocycles. The van der Waals surface area contributed by atoms with Gasteiger partial charge in [0.25, 0.3) is 5.91 Å². The first kappa shape index (κ1) is 18.9. The van der Waals surface area contributed by atoms with Gasteiger partial charge in [-0.1, -0.05) is 0 Å². The summed E-state index contributed by atoms with van der Waals surface area (Å²) in [4.78, 5) is 23.3. The Morgan fingerprint density at radius 2 is 2.26 bits per heavy atom. The van der Waals surface area contributed by atoms with Crippen molar-refractivity contribution in [1.82, 2.24) is 15.3 Å². The number of hydrogen-bond donors (Lipinski definition) is 2. The van der Waals surface area contributed by atoms with Gasteiger partial charge in [-0.3, -0.25) is 9.78 Å². The van der Waals surface area contributed by atoms with Gasteiger partial charge in [0.1, 0.15) is 12.4 Å². The molecule has 1 aromatic heterocycles. The van der Waals surface area contributed by atoms with Crippen LogP contribution in [0.1, 0.15) is 23.2 Å². The third-order valence-electron chi connectivity index (χ3n) is 4.43. The topological polar surface area (TPSA) is 103 Å². The molecule has 1 fully saturated rings. The Bertz CT molecular complexity index is 756. The molecule has 1 saturated heterocycles. The standard InChI is InChI=1S/C19H25N5O3/c1-26-16-5-4-14(11-17(16)27-10-6-20)19(25)23-15-3-2-9-24(13-15)18-12-21-7-8-22-18/h4-5,7-8,11-12,15H,2-3,6,9-10,13,20H2,1H3,(H,23,25)/t15-/m1/s1. The van der Waals surface area contributed by atoms with Gasteiger partial charge >= 0.3 is 0 Å². The van der Waals surface area contributed by atoms with E-state index in [4.69, 9.17) is 15.2 Å². The van der Waals surface area contributed by atoms with Crippen molar-refractivity contribution in [2.45, 2.75) is 18.9 Å². The van der Waals surface area contributed by atoms with Crippen molar-refractivity contribution in [3.63, 3.8) is 0 Å². The molecule has 0 unspecified atom stereocenters. The molecule has 3 N–H and O–H groups in total. The molecule has 0 spiro atoms. The van der Waals surface area contributed by atoms with Crippen LogP contribution in [0.15, 0.2) is 36.8 Å². The fraction of sp³-hybridized carbons (Fsp3) is 0.421. The molecule has 1 atom stereocenters. The summed E-state index contributed by atoms with van der Waals surface area (Å²) in [6, 6.07) is 5.19. The number of benzene rings is 1. The van der Waals surface area contributed by atoms with Crippen molar-refractivity contribution >= 4 is 11.7 Å². The normalized spacial score (nSPS) is 16.7. The van der Waals surface area contributed by atoms with Crippen molar-refractivity contribution in [3.8, 4) is 11.5 Å². The van der Waals surface area contributed by atoms with Gasteiger partial charge in [0, 0.05) is 43.6 Å². The van der Waals surface area contributed by atoms with Gasteiger partial charge in [-0.25, -0.2) is 4.98 Å². The second-order valence-corrected chi connectivity index (χ2v) is 6.33. The Labute approximate surface area is 158 Å². The molecule has 0 radical (unpaired) electrons. The van der Waals surface area contributed by atoms with E-state index in [2.05, 4.69) is 20.2 Å². The molecule has 8 nitrogen and oxygen atoms in total. The Morgan fingerprint density at radius 1 is 1.37 bits per heavy atom. The van der Waals surface area contributed by atoms with Crippen molar-refractivity contribution in [3.05, 3.63) is 42.4 Å². The van der Waals surface area contributed by atoms with E-state index in [9.17, 15) is 4.79 Å². The number of ether oxygens (including phenoxy) is 2. The van der Waals surface area contributed by atoms with E-state index in [1.165, 1.54) is 0 Å². The molecular weight excluding hydrogens is 346 g/mol. The molecule has 0 aliphatic carbocycles. The summed E-state index contributed by atoms with van der Waals surface area (Å²) in [6.07, 6.45) is 6.98. The van der Waals surface area contributed by atoms with Crippen LogP contribution in [0.2, 0.25) is 0 Å². The van der Waals surface area contributed by atoms with Gasteiger partial charge in [-0.15, -0.1) is 0 Å². The molecule has 2 aromatic rings. The van der Waals surface area contributed by atoms with Gasteiger partial charge in [0.05, 0.1) is 13.3 Å². The number of amides is 1. The minimum absolute atomic E-state index is 0.0452. The number of carbonyl (C=O) groups is 1. The predicted molar refractivity (Wildman–Crippen MR) is 102 cm³/mol. The average molecular weight is 371 g/mol. The Kier molecular flexibility index (Phi) is 6.43. The lowest BCUT2D eigenvalue weighted by molar-refractivity contribution is 0.0932. The van der Waals surface area contributed by atoms with Crippen molar-refractivity contribution in [2.24, 2.45) is 5.73 Å². The number of aromatic nitrogens is 2. The zero-order valence-corrected chi connectivity index (χ0v) is 15.4. The monoisotopic (exact) mass is 371 g/mol. The number of methoxy groups -OCH3 is 1. The Hall–Kier alpha value is -2.87. The third kappa shape index (κ3) is 4.85. The maximum atomic E-state index is 12.7. The SMILES string of the molecule is COc1ccc(C(=O)N[C@@H]2CCCN(c3cnccn3)C2)cc1OCCN.